The molecule has 1 N–H and O–H groups in total. The molecule has 0 aromatic heterocycles. The van der Waals surface area contributed by atoms with E-state index < -0.39 is 0 Å². The second kappa shape index (κ2) is 5.98. The molecule has 5 heteroatoms. The molecule has 2 nitrogen and oxygen atoms in total. The van der Waals surface area contributed by atoms with Crippen molar-refractivity contribution < 1.29 is 4.79 Å². The summed E-state index contributed by atoms with van der Waals surface area (Å²) in [5.41, 5.74) is 0.851. The molecular weight excluding hydrogens is 306 g/mol. The molecule has 0 saturated carbocycles. The fourth-order valence-corrected chi connectivity index (χ4v) is 4.36. The summed E-state index contributed by atoms with van der Waals surface area (Å²) >= 11 is 7.02. The Morgan fingerprint density at radius 1 is 1.38 bits per heavy atom. The first-order valence-corrected chi connectivity index (χ1v) is 8.02. The maximum Gasteiger partial charge on any atom is 0.238 e. The molecule has 16 heavy (non-hydrogen) atoms. The van der Waals surface area contributed by atoms with Crippen molar-refractivity contribution in [1.29, 1.82) is 0 Å². The number of hydrogen-bond donors (Lipinski definition) is 1. The molecule has 1 aromatic rings. The van der Waals surface area contributed by atoms with Gasteiger partial charge in [0.15, 0.2) is 0 Å². The Balaban J connectivity index is 1.99. The number of carbonyl (C=O) groups excluding carboxylic acids is 1. The molecule has 1 aromatic carbocycles. The predicted molar refractivity (Wildman–Crippen MR) is 76.3 cm³/mol. The summed E-state index contributed by atoms with van der Waals surface area (Å²) in [6.07, 6.45) is 0. The molecule has 1 fully saturated rings. The van der Waals surface area contributed by atoms with Gasteiger partial charge < -0.3 is 5.32 Å². The summed E-state index contributed by atoms with van der Waals surface area (Å²) in [4.78, 5) is 12.0. The highest BCUT2D eigenvalue weighted by atomic mass is 79.9. The van der Waals surface area contributed by atoms with E-state index in [1.165, 1.54) is 0 Å². The van der Waals surface area contributed by atoms with Crippen LogP contribution in [-0.2, 0) is 4.79 Å². The number of amides is 1. The zero-order chi connectivity index (χ0) is 11.4. The monoisotopic (exact) mass is 317 g/mol. The highest BCUT2D eigenvalue weighted by molar-refractivity contribution is 9.10. The van der Waals surface area contributed by atoms with Crippen molar-refractivity contribution >= 4 is 51.0 Å². The molecule has 1 saturated heterocycles. The van der Waals surface area contributed by atoms with Crippen molar-refractivity contribution in [3.05, 3.63) is 28.7 Å². The third-order valence-electron chi connectivity index (χ3n) is 2.24. The Morgan fingerprint density at radius 2 is 2.19 bits per heavy atom. The topological polar surface area (TPSA) is 29.1 Å². The number of anilines is 1. The normalized spacial score (nSPS) is 20.4. The van der Waals surface area contributed by atoms with Gasteiger partial charge in [-0.05, 0) is 28.1 Å². The number of carbonyl (C=O) groups is 1. The van der Waals surface area contributed by atoms with E-state index in [9.17, 15) is 4.79 Å². The van der Waals surface area contributed by atoms with Gasteiger partial charge in [0.25, 0.3) is 0 Å². The molecule has 0 aliphatic carbocycles. The van der Waals surface area contributed by atoms with E-state index in [4.69, 9.17) is 0 Å². The van der Waals surface area contributed by atoms with Gasteiger partial charge >= 0.3 is 0 Å². The Kier molecular flexibility index (Phi) is 4.61. The fraction of sp³-hybridized carbons (Fsp3) is 0.364. The molecule has 0 radical (unpaired) electrons. The molecule has 1 atom stereocenters. The zero-order valence-electron chi connectivity index (χ0n) is 8.61. The van der Waals surface area contributed by atoms with Crippen LogP contribution in [0.4, 0.5) is 5.69 Å². The molecule has 0 bridgehead atoms. The first kappa shape index (κ1) is 12.3. The SMILES string of the molecule is O=C(Nc1ccccc1Br)C1CSCCS1. The molecule has 0 spiro atoms. The summed E-state index contributed by atoms with van der Waals surface area (Å²) in [5, 5.41) is 3.05. The van der Waals surface area contributed by atoms with Crippen LogP contribution in [0.2, 0.25) is 0 Å². The molecule has 1 aliphatic heterocycles. The number of para-hydroxylation sites is 1. The van der Waals surface area contributed by atoms with Gasteiger partial charge in [-0.1, -0.05) is 12.1 Å². The minimum Gasteiger partial charge on any atom is -0.324 e. The van der Waals surface area contributed by atoms with Crippen LogP contribution in [-0.4, -0.2) is 28.4 Å². The van der Waals surface area contributed by atoms with Gasteiger partial charge in [-0.3, -0.25) is 4.79 Å². The first-order chi connectivity index (χ1) is 7.77. The van der Waals surface area contributed by atoms with Crippen LogP contribution < -0.4 is 5.32 Å². The third-order valence-corrected chi connectivity index (χ3v) is 5.69. The van der Waals surface area contributed by atoms with Gasteiger partial charge in [-0.2, -0.15) is 11.8 Å². The van der Waals surface area contributed by atoms with E-state index in [0.717, 1.165) is 27.4 Å². The summed E-state index contributed by atoms with van der Waals surface area (Å²) in [6.45, 7) is 0. The van der Waals surface area contributed by atoms with Gasteiger partial charge in [-0.15, -0.1) is 11.8 Å². The molecule has 1 aliphatic rings. The lowest BCUT2D eigenvalue weighted by atomic mass is 10.3. The van der Waals surface area contributed by atoms with Crippen LogP contribution in [0.3, 0.4) is 0 Å². The smallest absolute Gasteiger partial charge is 0.238 e. The number of thioether (sulfide) groups is 2. The quantitative estimate of drug-likeness (QED) is 0.908. The lowest BCUT2D eigenvalue weighted by molar-refractivity contribution is -0.115. The average molecular weight is 318 g/mol. The van der Waals surface area contributed by atoms with Crippen molar-refractivity contribution in [3.63, 3.8) is 0 Å². The van der Waals surface area contributed by atoms with Crippen LogP contribution in [0.5, 0.6) is 0 Å². The Labute approximate surface area is 112 Å². The van der Waals surface area contributed by atoms with Gasteiger partial charge in [0.2, 0.25) is 5.91 Å². The minimum atomic E-state index is 0.0888. The highest BCUT2D eigenvalue weighted by Gasteiger charge is 2.22. The van der Waals surface area contributed by atoms with E-state index in [1.54, 1.807) is 11.8 Å². The van der Waals surface area contributed by atoms with E-state index in [-0.39, 0.29) is 11.2 Å². The standard InChI is InChI=1S/C11H12BrNOS2/c12-8-3-1-2-4-9(8)13-11(14)10-7-15-5-6-16-10/h1-4,10H,5-7H2,(H,13,14). The van der Waals surface area contributed by atoms with Crippen LogP contribution >= 0.6 is 39.5 Å². The largest absolute Gasteiger partial charge is 0.324 e. The Bertz CT molecular complexity index is 380. The predicted octanol–water partition coefficient (Wildman–Crippen LogP) is 3.24. The van der Waals surface area contributed by atoms with Gasteiger partial charge in [0.05, 0.1) is 10.9 Å². The summed E-state index contributed by atoms with van der Waals surface area (Å²) in [5.74, 6) is 3.26. The van der Waals surface area contributed by atoms with Crippen molar-refractivity contribution in [2.75, 3.05) is 22.6 Å². The summed E-state index contributed by atoms with van der Waals surface area (Å²) < 4.78 is 0.928. The minimum absolute atomic E-state index is 0.0888. The molecule has 1 heterocycles. The third kappa shape index (κ3) is 3.18. The number of rotatable bonds is 2. The van der Waals surface area contributed by atoms with E-state index in [2.05, 4.69) is 21.2 Å². The van der Waals surface area contributed by atoms with Crippen molar-refractivity contribution in [2.45, 2.75) is 5.25 Å². The zero-order valence-corrected chi connectivity index (χ0v) is 11.8. The van der Waals surface area contributed by atoms with Gasteiger partial charge in [0.1, 0.15) is 0 Å². The van der Waals surface area contributed by atoms with Crippen molar-refractivity contribution in [1.82, 2.24) is 0 Å². The van der Waals surface area contributed by atoms with Gasteiger partial charge in [0, 0.05) is 21.7 Å². The number of benzene rings is 1. The second-order valence-electron chi connectivity index (χ2n) is 3.40. The van der Waals surface area contributed by atoms with E-state index >= 15 is 0 Å². The maximum absolute atomic E-state index is 12.0. The van der Waals surface area contributed by atoms with E-state index in [1.807, 2.05) is 36.0 Å². The lowest BCUT2D eigenvalue weighted by Crippen LogP contribution is -2.30. The number of halogens is 1. The first-order valence-electron chi connectivity index (χ1n) is 5.02. The summed E-state index contributed by atoms with van der Waals surface area (Å²) in [6, 6.07) is 7.69. The number of hydrogen-bond acceptors (Lipinski definition) is 3. The second-order valence-corrected chi connectivity index (χ2v) is 6.72. The lowest BCUT2D eigenvalue weighted by Gasteiger charge is -2.20. The van der Waals surface area contributed by atoms with Crippen LogP contribution in [0.25, 0.3) is 0 Å². The Morgan fingerprint density at radius 3 is 2.88 bits per heavy atom. The Hall–Kier alpha value is -0.130. The molecule has 1 unspecified atom stereocenters. The maximum atomic E-state index is 12.0. The van der Waals surface area contributed by atoms with Crippen LogP contribution in [0.1, 0.15) is 0 Å². The van der Waals surface area contributed by atoms with E-state index in [0.29, 0.717) is 0 Å². The summed E-state index contributed by atoms with van der Waals surface area (Å²) in [7, 11) is 0. The molecule has 86 valence electrons. The van der Waals surface area contributed by atoms with Crippen LogP contribution in [0, 0.1) is 0 Å². The van der Waals surface area contributed by atoms with Gasteiger partial charge in [-0.25, -0.2) is 0 Å². The molecule has 2 rings (SSSR count). The molecular formula is C11H12BrNOS2. The van der Waals surface area contributed by atoms with Crippen molar-refractivity contribution in [2.24, 2.45) is 0 Å². The number of nitrogens with one attached hydrogen (secondary N) is 1. The fourth-order valence-electron chi connectivity index (χ4n) is 1.41. The van der Waals surface area contributed by atoms with Crippen molar-refractivity contribution in [3.8, 4) is 0 Å². The molecule has 1 amide bonds. The van der Waals surface area contributed by atoms with Crippen LogP contribution in [0.15, 0.2) is 28.7 Å². The highest BCUT2D eigenvalue weighted by Crippen LogP contribution is 2.27. The average Bonchev–Trinajstić information content (AvgIpc) is 2.33.